The molecule has 0 amide bonds. The van der Waals surface area contributed by atoms with E-state index in [-0.39, 0.29) is 11.4 Å². The Labute approximate surface area is 99.1 Å². The van der Waals surface area contributed by atoms with Gasteiger partial charge in [0.25, 0.3) is 0 Å². The van der Waals surface area contributed by atoms with Gasteiger partial charge in [-0.05, 0) is 42.4 Å². The van der Waals surface area contributed by atoms with Crippen LogP contribution in [-0.2, 0) is 0 Å². The van der Waals surface area contributed by atoms with Gasteiger partial charge in [0.2, 0.25) is 0 Å². The maximum absolute atomic E-state index is 6.37. The lowest BCUT2D eigenvalue weighted by Gasteiger charge is -2.17. The summed E-state index contributed by atoms with van der Waals surface area (Å²) in [5.74, 6) is 0. The minimum Gasteiger partial charge on any atom is -0.315 e. The number of benzene rings is 1. The highest BCUT2D eigenvalue weighted by molar-refractivity contribution is 7.17. The molecule has 2 rings (SSSR count). The standard InChI is InChI=1S/C12H14ClNS/c1-8(14-2)12(13)10-4-3-9-5-6-15-11(9)7-10/h3-8,12,14H,1-2H3. The van der Waals surface area contributed by atoms with Crippen molar-refractivity contribution in [3.63, 3.8) is 0 Å². The van der Waals surface area contributed by atoms with E-state index in [0.29, 0.717) is 0 Å². The van der Waals surface area contributed by atoms with Crippen LogP contribution in [0.5, 0.6) is 0 Å². The van der Waals surface area contributed by atoms with Gasteiger partial charge in [-0.1, -0.05) is 12.1 Å². The fraction of sp³-hybridized carbons (Fsp3) is 0.333. The minimum atomic E-state index is 0.0292. The molecule has 80 valence electrons. The summed E-state index contributed by atoms with van der Waals surface area (Å²) in [4.78, 5) is 0. The third-order valence-corrected chi connectivity index (χ3v) is 4.20. The maximum Gasteiger partial charge on any atom is 0.0736 e. The zero-order chi connectivity index (χ0) is 10.8. The average molecular weight is 240 g/mol. The number of thiophene rings is 1. The van der Waals surface area contributed by atoms with E-state index in [0.717, 1.165) is 0 Å². The summed E-state index contributed by atoms with van der Waals surface area (Å²) < 4.78 is 1.31. The highest BCUT2D eigenvalue weighted by Crippen LogP contribution is 2.29. The van der Waals surface area contributed by atoms with Crippen molar-refractivity contribution in [2.75, 3.05) is 7.05 Å². The fourth-order valence-corrected chi connectivity index (χ4v) is 2.68. The predicted molar refractivity (Wildman–Crippen MR) is 68.9 cm³/mol. The Morgan fingerprint density at radius 2 is 2.13 bits per heavy atom. The van der Waals surface area contributed by atoms with Crippen LogP contribution in [0.15, 0.2) is 29.6 Å². The Bertz CT molecular complexity index is 452. The number of fused-ring (bicyclic) bond motifs is 1. The third kappa shape index (κ3) is 2.17. The van der Waals surface area contributed by atoms with Crippen molar-refractivity contribution in [2.45, 2.75) is 18.3 Å². The minimum absolute atomic E-state index is 0.0292. The second-order valence-corrected chi connectivity index (χ2v) is 5.11. The molecule has 3 heteroatoms. The van der Waals surface area contributed by atoms with Gasteiger partial charge in [0.05, 0.1) is 5.38 Å². The summed E-state index contributed by atoms with van der Waals surface area (Å²) in [5.41, 5.74) is 1.19. The van der Waals surface area contributed by atoms with E-state index in [1.54, 1.807) is 11.3 Å². The molecule has 0 bridgehead atoms. The Morgan fingerprint density at radius 1 is 1.33 bits per heavy atom. The zero-order valence-corrected chi connectivity index (χ0v) is 10.4. The van der Waals surface area contributed by atoms with E-state index in [2.05, 4.69) is 41.9 Å². The van der Waals surface area contributed by atoms with Gasteiger partial charge in [-0.25, -0.2) is 0 Å². The lowest BCUT2D eigenvalue weighted by Crippen LogP contribution is -2.25. The van der Waals surface area contributed by atoms with Crippen LogP contribution in [0.25, 0.3) is 10.1 Å². The van der Waals surface area contributed by atoms with Crippen molar-refractivity contribution in [1.29, 1.82) is 0 Å². The van der Waals surface area contributed by atoms with Gasteiger partial charge < -0.3 is 5.32 Å². The first-order valence-electron chi connectivity index (χ1n) is 5.01. The fourth-order valence-electron chi connectivity index (χ4n) is 1.58. The monoisotopic (exact) mass is 239 g/mol. The van der Waals surface area contributed by atoms with Crippen LogP contribution in [0, 0.1) is 0 Å². The number of hydrogen-bond acceptors (Lipinski definition) is 2. The number of rotatable bonds is 3. The third-order valence-electron chi connectivity index (χ3n) is 2.69. The Morgan fingerprint density at radius 3 is 2.87 bits per heavy atom. The molecule has 0 saturated carbocycles. The molecule has 1 aromatic heterocycles. The molecule has 0 spiro atoms. The van der Waals surface area contributed by atoms with Crippen LogP contribution in [0.2, 0.25) is 0 Å². The Balaban J connectivity index is 2.35. The van der Waals surface area contributed by atoms with Crippen LogP contribution in [0.1, 0.15) is 17.9 Å². The molecule has 0 aliphatic rings. The van der Waals surface area contributed by atoms with E-state index in [4.69, 9.17) is 11.6 Å². The van der Waals surface area contributed by atoms with Gasteiger partial charge in [-0.2, -0.15) is 0 Å². The molecule has 2 aromatic rings. The van der Waals surface area contributed by atoms with Gasteiger partial charge >= 0.3 is 0 Å². The van der Waals surface area contributed by atoms with Crippen LogP contribution >= 0.6 is 22.9 Å². The summed E-state index contributed by atoms with van der Waals surface area (Å²) in [5, 5.41) is 6.61. The lowest BCUT2D eigenvalue weighted by molar-refractivity contribution is 0.592. The molecule has 1 heterocycles. The molecule has 1 N–H and O–H groups in total. The van der Waals surface area contributed by atoms with Crippen molar-refractivity contribution < 1.29 is 0 Å². The molecule has 0 aliphatic carbocycles. The summed E-state index contributed by atoms with van der Waals surface area (Å²) in [6.07, 6.45) is 0. The first-order valence-corrected chi connectivity index (χ1v) is 6.32. The van der Waals surface area contributed by atoms with Crippen molar-refractivity contribution in [3.05, 3.63) is 35.2 Å². The van der Waals surface area contributed by atoms with Crippen LogP contribution in [-0.4, -0.2) is 13.1 Å². The first-order chi connectivity index (χ1) is 7.22. The molecule has 0 fully saturated rings. The summed E-state index contributed by atoms with van der Waals surface area (Å²) >= 11 is 8.13. The van der Waals surface area contributed by atoms with E-state index < -0.39 is 0 Å². The number of halogens is 1. The molecule has 15 heavy (non-hydrogen) atoms. The molecular weight excluding hydrogens is 226 g/mol. The van der Waals surface area contributed by atoms with Gasteiger partial charge in [0.1, 0.15) is 0 Å². The number of hydrogen-bond donors (Lipinski definition) is 1. The highest BCUT2D eigenvalue weighted by Gasteiger charge is 2.14. The highest BCUT2D eigenvalue weighted by atomic mass is 35.5. The number of alkyl halides is 1. The Kier molecular flexibility index (Phi) is 3.29. The molecule has 0 aliphatic heterocycles. The molecule has 1 nitrogen and oxygen atoms in total. The van der Waals surface area contributed by atoms with E-state index in [9.17, 15) is 0 Å². The molecular formula is C12H14ClNS. The van der Waals surface area contributed by atoms with Crippen molar-refractivity contribution in [3.8, 4) is 0 Å². The first kappa shape index (κ1) is 10.9. The number of likely N-dealkylation sites (N-methyl/N-ethyl adjacent to an activating group) is 1. The summed E-state index contributed by atoms with van der Waals surface area (Å²) in [6, 6.07) is 8.85. The summed E-state index contributed by atoms with van der Waals surface area (Å²) in [6.45, 7) is 2.09. The van der Waals surface area contributed by atoms with E-state index in [1.165, 1.54) is 15.6 Å². The topological polar surface area (TPSA) is 12.0 Å². The zero-order valence-electron chi connectivity index (χ0n) is 8.83. The van der Waals surface area contributed by atoms with Gasteiger partial charge in [-0.15, -0.1) is 22.9 Å². The molecule has 1 aromatic carbocycles. The molecule has 0 saturated heterocycles. The van der Waals surface area contributed by atoms with E-state index >= 15 is 0 Å². The number of nitrogens with one attached hydrogen (secondary N) is 1. The predicted octanol–water partition coefficient (Wildman–Crippen LogP) is 3.79. The Hall–Kier alpha value is -0.570. The molecule has 2 unspecified atom stereocenters. The van der Waals surface area contributed by atoms with Crippen molar-refractivity contribution >= 4 is 33.0 Å². The lowest BCUT2D eigenvalue weighted by atomic mass is 10.1. The van der Waals surface area contributed by atoms with Gasteiger partial charge in [0.15, 0.2) is 0 Å². The normalized spacial score (nSPS) is 15.4. The van der Waals surface area contributed by atoms with Crippen molar-refractivity contribution in [2.24, 2.45) is 0 Å². The smallest absolute Gasteiger partial charge is 0.0736 e. The quantitative estimate of drug-likeness (QED) is 0.804. The van der Waals surface area contributed by atoms with Gasteiger partial charge in [0, 0.05) is 10.7 Å². The maximum atomic E-state index is 6.37. The molecule has 2 atom stereocenters. The van der Waals surface area contributed by atoms with E-state index in [1.807, 2.05) is 7.05 Å². The van der Waals surface area contributed by atoms with Gasteiger partial charge in [-0.3, -0.25) is 0 Å². The molecule has 0 radical (unpaired) electrons. The van der Waals surface area contributed by atoms with Crippen LogP contribution < -0.4 is 5.32 Å². The second-order valence-electron chi connectivity index (χ2n) is 3.70. The van der Waals surface area contributed by atoms with Crippen LogP contribution in [0.3, 0.4) is 0 Å². The second kappa shape index (κ2) is 4.52. The summed E-state index contributed by atoms with van der Waals surface area (Å²) in [7, 11) is 1.93. The SMILES string of the molecule is CNC(C)C(Cl)c1ccc2ccsc2c1. The van der Waals surface area contributed by atoms with Crippen molar-refractivity contribution in [1.82, 2.24) is 5.32 Å². The largest absolute Gasteiger partial charge is 0.315 e. The van der Waals surface area contributed by atoms with Crippen LogP contribution in [0.4, 0.5) is 0 Å². The average Bonchev–Trinajstić information content (AvgIpc) is 2.73.